The molecule has 1 rings (SSSR count). The van der Waals surface area contributed by atoms with Crippen LogP contribution >= 0.6 is 11.3 Å². The second-order valence-electron chi connectivity index (χ2n) is 3.90. The number of nitrogens with zero attached hydrogens (tertiary/aromatic N) is 2. The van der Waals surface area contributed by atoms with Gasteiger partial charge in [-0.3, -0.25) is 0 Å². The highest BCUT2D eigenvalue weighted by Crippen LogP contribution is 2.14. The largest absolute Gasteiger partial charge is 0.301 e. The van der Waals surface area contributed by atoms with E-state index in [9.17, 15) is 4.79 Å². The summed E-state index contributed by atoms with van der Waals surface area (Å²) < 4.78 is 0. The number of carbonyl (C=O) groups is 1. The van der Waals surface area contributed by atoms with Gasteiger partial charge in [-0.2, -0.15) is 0 Å². The summed E-state index contributed by atoms with van der Waals surface area (Å²) in [5.74, 6) is 0.275. The molecule has 15 heavy (non-hydrogen) atoms. The number of thiazole rings is 1. The van der Waals surface area contributed by atoms with Crippen molar-refractivity contribution in [3.05, 3.63) is 16.1 Å². The minimum Gasteiger partial charge on any atom is -0.301 e. The average molecular weight is 226 g/mol. The van der Waals surface area contributed by atoms with E-state index >= 15 is 0 Å². The average Bonchev–Trinajstić information content (AvgIpc) is 2.51. The van der Waals surface area contributed by atoms with E-state index in [2.05, 4.69) is 16.9 Å². The van der Waals surface area contributed by atoms with Crippen LogP contribution in [0.25, 0.3) is 0 Å². The molecular formula is C11H18N2OS. The van der Waals surface area contributed by atoms with Gasteiger partial charge in [-0.25, -0.2) is 4.98 Å². The number of aryl methyl sites for hydroxylation is 1. The molecule has 0 aliphatic rings. The van der Waals surface area contributed by atoms with Crippen molar-refractivity contribution in [2.24, 2.45) is 0 Å². The van der Waals surface area contributed by atoms with Crippen LogP contribution in [0.15, 0.2) is 5.51 Å². The molecule has 0 saturated heterocycles. The zero-order valence-electron chi connectivity index (χ0n) is 9.62. The number of hydrogen-bond donors (Lipinski definition) is 0. The SMILES string of the molecule is CC(=O)CCCN(C)Cc1scnc1C. The third-order valence-electron chi connectivity index (χ3n) is 2.33. The van der Waals surface area contributed by atoms with Crippen molar-refractivity contribution in [1.29, 1.82) is 0 Å². The summed E-state index contributed by atoms with van der Waals surface area (Å²) in [4.78, 5) is 18.5. The molecule has 0 spiro atoms. The molecule has 0 atom stereocenters. The van der Waals surface area contributed by atoms with E-state index in [0.29, 0.717) is 6.42 Å². The highest BCUT2D eigenvalue weighted by molar-refractivity contribution is 7.09. The van der Waals surface area contributed by atoms with Gasteiger partial charge < -0.3 is 9.69 Å². The lowest BCUT2D eigenvalue weighted by molar-refractivity contribution is -0.117. The number of hydrogen-bond acceptors (Lipinski definition) is 4. The lowest BCUT2D eigenvalue weighted by Crippen LogP contribution is -2.19. The third-order valence-corrected chi connectivity index (χ3v) is 3.25. The molecule has 0 aromatic carbocycles. The molecule has 0 bridgehead atoms. The van der Waals surface area contributed by atoms with Gasteiger partial charge >= 0.3 is 0 Å². The summed E-state index contributed by atoms with van der Waals surface area (Å²) in [5.41, 5.74) is 3.01. The minimum absolute atomic E-state index is 0.275. The van der Waals surface area contributed by atoms with E-state index in [1.165, 1.54) is 4.88 Å². The summed E-state index contributed by atoms with van der Waals surface area (Å²) in [6, 6.07) is 0. The maximum atomic E-state index is 10.8. The van der Waals surface area contributed by atoms with Crippen LogP contribution in [-0.4, -0.2) is 29.3 Å². The third kappa shape index (κ3) is 4.53. The van der Waals surface area contributed by atoms with Crippen LogP contribution in [-0.2, 0) is 11.3 Å². The van der Waals surface area contributed by atoms with Crippen molar-refractivity contribution < 1.29 is 4.79 Å². The van der Waals surface area contributed by atoms with Crippen molar-refractivity contribution in [1.82, 2.24) is 9.88 Å². The first kappa shape index (κ1) is 12.3. The van der Waals surface area contributed by atoms with E-state index in [1.807, 2.05) is 12.4 Å². The number of rotatable bonds is 6. The molecule has 1 aromatic heterocycles. The van der Waals surface area contributed by atoms with Crippen LogP contribution in [0.4, 0.5) is 0 Å². The molecule has 0 aliphatic heterocycles. The van der Waals surface area contributed by atoms with Gasteiger partial charge in [0.1, 0.15) is 5.78 Å². The van der Waals surface area contributed by atoms with E-state index in [0.717, 1.165) is 25.2 Å². The molecule has 4 heteroatoms. The lowest BCUT2D eigenvalue weighted by atomic mass is 10.2. The number of aromatic nitrogens is 1. The molecular weight excluding hydrogens is 208 g/mol. The normalized spacial score (nSPS) is 10.9. The summed E-state index contributed by atoms with van der Waals surface area (Å²) in [6.07, 6.45) is 1.63. The topological polar surface area (TPSA) is 33.2 Å². The van der Waals surface area contributed by atoms with Crippen molar-refractivity contribution in [2.45, 2.75) is 33.2 Å². The summed E-state index contributed by atoms with van der Waals surface area (Å²) in [7, 11) is 2.08. The van der Waals surface area contributed by atoms with E-state index in [4.69, 9.17) is 0 Å². The highest BCUT2D eigenvalue weighted by Gasteiger charge is 2.05. The van der Waals surface area contributed by atoms with E-state index < -0.39 is 0 Å². The Hall–Kier alpha value is -0.740. The smallest absolute Gasteiger partial charge is 0.129 e. The maximum absolute atomic E-state index is 10.8. The second kappa shape index (κ2) is 5.98. The summed E-state index contributed by atoms with van der Waals surface area (Å²) in [6.45, 7) is 5.59. The molecule has 0 fully saturated rings. The fourth-order valence-corrected chi connectivity index (χ4v) is 2.26. The lowest BCUT2D eigenvalue weighted by Gasteiger charge is -2.15. The van der Waals surface area contributed by atoms with Gasteiger partial charge in [-0.05, 0) is 33.9 Å². The van der Waals surface area contributed by atoms with Crippen molar-refractivity contribution in [2.75, 3.05) is 13.6 Å². The Labute approximate surface area is 95.1 Å². The molecule has 84 valence electrons. The first-order valence-electron chi connectivity index (χ1n) is 5.16. The number of Topliss-reactive ketones (excluding diaryl/α,β-unsaturated/α-hetero) is 1. The van der Waals surface area contributed by atoms with Gasteiger partial charge in [0.25, 0.3) is 0 Å². The first-order chi connectivity index (χ1) is 7.09. The van der Waals surface area contributed by atoms with E-state index in [-0.39, 0.29) is 5.78 Å². The predicted molar refractivity (Wildman–Crippen MR) is 63.1 cm³/mol. The second-order valence-corrected chi connectivity index (χ2v) is 4.84. The number of carbonyl (C=O) groups excluding carboxylic acids is 1. The van der Waals surface area contributed by atoms with Crippen molar-refractivity contribution >= 4 is 17.1 Å². The molecule has 0 aliphatic carbocycles. The number of ketones is 1. The Bertz CT molecular complexity index is 322. The van der Waals surface area contributed by atoms with Crippen LogP contribution in [0.5, 0.6) is 0 Å². The van der Waals surface area contributed by atoms with Gasteiger partial charge in [0.15, 0.2) is 0 Å². The van der Waals surface area contributed by atoms with Crippen LogP contribution in [0.2, 0.25) is 0 Å². The highest BCUT2D eigenvalue weighted by atomic mass is 32.1. The van der Waals surface area contributed by atoms with Gasteiger partial charge in [0, 0.05) is 17.8 Å². The fraction of sp³-hybridized carbons (Fsp3) is 0.636. The van der Waals surface area contributed by atoms with Gasteiger partial charge in [-0.1, -0.05) is 0 Å². The van der Waals surface area contributed by atoms with Crippen LogP contribution in [0.3, 0.4) is 0 Å². The molecule has 0 N–H and O–H groups in total. The Morgan fingerprint density at radius 3 is 2.87 bits per heavy atom. The van der Waals surface area contributed by atoms with Crippen LogP contribution < -0.4 is 0 Å². The quantitative estimate of drug-likeness (QED) is 0.746. The Balaban J connectivity index is 2.27. The van der Waals surface area contributed by atoms with Crippen molar-refractivity contribution in [3.63, 3.8) is 0 Å². The maximum Gasteiger partial charge on any atom is 0.129 e. The summed E-state index contributed by atoms with van der Waals surface area (Å²) in [5, 5.41) is 0. The molecule has 1 heterocycles. The zero-order chi connectivity index (χ0) is 11.3. The Morgan fingerprint density at radius 2 is 2.33 bits per heavy atom. The van der Waals surface area contributed by atoms with Crippen molar-refractivity contribution in [3.8, 4) is 0 Å². The van der Waals surface area contributed by atoms with Gasteiger partial charge in [0.05, 0.1) is 11.2 Å². The monoisotopic (exact) mass is 226 g/mol. The van der Waals surface area contributed by atoms with E-state index in [1.54, 1.807) is 18.3 Å². The van der Waals surface area contributed by atoms with Crippen LogP contribution in [0, 0.1) is 6.92 Å². The Kier molecular flexibility index (Phi) is 4.91. The molecule has 0 unspecified atom stereocenters. The van der Waals surface area contributed by atoms with Crippen LogP contribution in [0.1, 0.15) is 30.3 Å². The molecule has 0 radical (unpaired) electrons. The fourth-order valence-electron chi connectivity index (χ4n) is 1.40. The van der Waals surface area contributed by atoms with Gasteiger partial charge in [0.2, 0.25) is 0 Å². The minimum atomic E-state index is 0.275. The standard InChI is InChI=1S/C11H18N2OS/c1-9(14)5-4-6-13(3)7-11-10(2)12-8-15-11/h8H,4-7H2,1-3H3. The summed E-state index contributed by atoms with van der Waals surface area (Å²) >= 11 is 1.70. The van der Waals surface area contributed by atoms with Gasteiger partial charge in [-0.15, -0.1) is 11.3 Å². The molecule has 0 amide bonds. The first-order valence-corrected chi connectivity index (χ1v) is 6.04. The predicted octanol–water partition coefficient (Wildman–Crippen LogP) is 2.25. The zero-order valence-corrected chi connectivity index (χ0v) is 10.4. The molecule has 3 nitrogen and oxygen atoms in total. The molecule has 0 saturated carbocycles. The Morgan fingerprint density at radius 1 is 1.60 bits per heavy atom. The molecule has 1 aromatic rings.